The molecule has 1 aromatic carbocycles. The first-order valence-electron chi connectivity index (χ1n) is 6.56. The summed E-state index contributed by atoms with van der Waals surface area (Å²) in [6, 6.07) is 4.74. The summed E-state index contributed by atoms with van der Waals surface area (Å²) < 4.78 is 38.9. The summed E-state index contributed by atoms with van der Waals surface area (Å²) in [5, 5.41) is 12.9. The van der Waals surface area contributed by atoms with Crippen LogP contribution < -0.4 is 5.32 Å². The minimum atomic E-state index is -4.52. The van der Waals surface area contributed by atoms with E-state index in [0.717, 1.165) is 23.5 Å². The Morgan fingerprint density at radius 1 is 1.26 bits per heavy atom. The van der Waals surface area contributed by atoms with Gasteiger partial charge in [0.2, 0.25) is 5.91 Å². The summed E-state index contributed by atoms with van der Waals surface area (Å²) in [7, 11) is 0. The quantitative estimate of drug-likeness (QED) is 0.860. The number of carboxylic acid groups (broad SMARTS) is 1. The Morgan fingerprint density at radius 3 is 2.52 bits per heavy atom. The zero-order chi connectivity index (χ0) is 17.2. The number of aromatic carboxylic acids is 1. The first kappa shape index (κ1) is 17.0. The molecule has 0 saturated heterocycles. The van der Waals surface area contributed by atoms with Gasteiger partial charge >= 0.3 is 12.1 Å². The van der Waals surface area contributed by atoms with Gasteiger partial charge in [0.05, 0.1) is 16.8 Å². The summed E-state index contributed by atoms with van der Waals surface area (Å²) in [6.45, 7) is 1.60. The third-order valence-corrected chi connectivity index (χ3v) is 4.04. The van der Waals surface area contributed by atoms with Crippen LogP contribution in [0.25, 0.3) is 10.4 Å². The Hall–Kier alpha value is -2.35. The SMILES string of the molecule is CCC(=O)Nc1ccc(-c2sccc2C(F)(F)F)cc1C(=O)O. The van der Waals surface area contributed by atoms with Gasteiger partial charge in [-0.15, -0.1) is 11.3 Å². The molecule has 0 radical (unpaired) electrons. The van der Waals surface area contributed by atoms with Crippen LogP contribution in [0.15, 0.2) is 29.6 Å². The molecule has 0 aliphatic heterocycles. The number of rotatable bonds is 4. The van der Waals surface area contributed by atoms with E-state index in [1.807, 2.05) is 0 Å². The highest BCUT2D eigenvalue weighted by Gasteiger charge is 2.34. The maximum absolute atomic E-state index is 13.0. The van der Waals surface area contributed by atoms with Crippen LogP contribution in [0.1, 0.15) is 29.3 Å². The normalized spacial score (nSPS) is 11.3. The second-order valence-corrected chi connectivity index (χ2v) is 5.54. The molecule has 0 saturated carbocycles. The highest BCUT2D eigenvalue weighted by atomic mass is 32.1. The van der Waals surface area contributed by atoms with Crippen molar-refractivity contribution in [2.75, 3.05) is 5.32 Å². The van der Waals surface area contributed by atoms with E-state index in [1.54, 1.807) is 6.92 Å². The summed E-state index contributed by atoms with van der Waals surface area (Å²) >= 11 is 0.874. The van der Waals surface area contributed by atoms with E-state index in [4.69, 9.17) is 0 Å². The molecular weight excluding hydrogens is 331 g/mol. The molecule has 0 aliphatic carbocycles. The Balaban J connectivity index is 2.51. The monoisotopic (exact) mass is 343 g/mol. The van der Waals surface area contributed by atoms with Crippen LogP contribution in [0.3, 0.4) is 0 Å². The van der Waals surface area contributed by atoms with E-state index in [-0.39, 0.29) is 34.0 Å². The number of halogens is 3. The van der Waals surface area contributed by atoms with Crippen LogP contribution in [-0.2, 0) is 11.0 Å². The van der Waals surface area contributed by atoms with Crippen LogP contribution in [0.2, 0.25) is 0 Å². The number of amides is 1. The molecule has 2 rings (SSSR count). The molecule has 0 spiro atoms. The summed E-state index contributed by atoms with van der Waals surface area (Å²) in [4.78, 5) is 22.7. The number of hydrogen-bond acceptors (Lipinski definition) is 3. The molecular formula is C15H12F3NO3S. The van der Waals surface area contributed by atoms with Crippen LogP contribution in [0, 0.1) is 0 Å². The lowest BCUT2D eigenvalue weighted by Crippen LogP contribution is -2.13. The minimum absolute atomic E-state index is 0.0539. The van der Waals surface area contributed by atoms with Gasteiger partial charge in [0.25, 0.3) is 0 Å². The molecule has 0 aliphatic rings. The number of benzene rings is 1. The van der Waals surface area contributed by atoms with E-state index in [9.17, 15) is 27.9 Å². The van der Waals surface area contributed by atoms with Gasteiger partial charge in [-0.1, -0.05) is 13.0 Å². The molecule has 23 heavy (non-hydrogen) atoms. The van der Waals surface area contributed by atoms with Gasteiger partial charge in [-0.25, -0.2) is 4.79 Å². The highest BCUT2D eigenvalue weighted by Crippen LogP contribution is 2.41. The number of thiophene rings is 1. The number of anilines is 1. The standard InChI is InChI=1S/C15H12F3NO3S/c1-2-12(20)19-11-4-3-8(7-9(11)14(21)22)13-10(5-6-23-13)15(16,17)18/h3-7H,2H2,1H3,(H,19,20)(H,21,22). The Kier molecular flexibility index (Phi) is 4.74. The number of alkyl halides is 3. The molecule has 0 atom stereocenters. The van der Waals surface area contributed by atoms with Crippen molar-refractivity contribution < 1.29 is 27.9 Å². The number of nitrogens with one attached hydrogen (secondary N) is 1. The van der Waals surface area contributed by atoms with Crippen molar-refractivity contribution in [2.24, 2.45) is 0 Å². The largest absolute Gasteiger partial charge is 0.478 e. The molecule has 4 nitrogen and oxygen atoms in total. The van der Waals surface area contributed by atoms with E-state index < -0.39 is 17.7 Å². The van der Waals surface area contributed by atoms with Crippen molar-refractivity contribution in [3.8, 4) is 10.4 Å². The van der Waals surface area contributed by atoms with Crippen LogP contribution in [0.4, 0.5) is 18.9 Å². The van der Waals surface area contributed by atoms with Gasteiger partial charge in [-0.05, 0) is 29.1 Å². The molecule has 1 aromatic heterocycles. The van der Waals surface area contributed by atoms with Crippen molar-refractivity contribution in [3.63, 3.8) is 0 Å². The predicted molar refractivity (Wildman–Crippen MR) is 80.6 cm³/mol. The molecule has 0 fully saturated rings. The number of carbonyl (C=O) groups excluding carboxylic acids is 1. The third kappa shape index (κ3) is 3.70. The highest BCUT2D eigenvalue weighted by molar-refractivity contribution is 7.13. The maximum atomic E-state index is 13.0. The summed E-state index contributed by atoms with van der Waals surface area (Å²) in [5.74, 6) is -1.71. The average molecular weight is 343 g/mol. The molecule has 1 heterocycles. The van der Waals surface area contributed by atoms with Crippen molar-refractivity contribution in [3.05, 3.63) is 40.8 Å². The van der Waals surface area contributed by atoms with E-state index in [0.29, 0.717) is 0 Å². The van der Waals surface area contributed by atoms with Crippen molar-refractivity contribution in [2.45, 2.75) is 19.5 Å². The van der Waals surface area contributed by atoms with Crippen molar-refractivity contribution in [1.82, 2.24) is 0 Å². The Bertz CT molecular complexity index is 753. The van der Waals surface area contributed by atoms with E-state index in [2.05, 4.69) is 5.32 Å². The lowest BCUT2D eigenvalue weighted by atomic mass is 10.0. The van der Waals surface area contributed by atoms with Gasteiger partial charge in [0.15, 0.2) is 0 Å². The van der Waals surface area contributed by atoms with Crippen LogP contribution >= 0.6 is 11.3 Å². The van der Waals surface area contributed by atoms with Gasteiger partial charge in [0, 0.05) is 11.3 Å². The lowest BCUT2D eigenvalue weighted by molar-refractivity contribution is -0.136. The van der Waals surface area contributed by atoms with Crippen LogP contribution in [0.5, 0.6) is 0 Å². The molecule has 1 amide bonds. The second kappa shape index (κ2) is 6.41. The van der Waals surface area contributed by atoms with Crippen molar-refractivity contribution >= 4 is 28.9 Å². The average Bonchev–Trinajstić information content (AvgIpc) is 2.96. The Morgan fingerprint density at radius 2 is 1.96 bits per heavy atom. The first-order valence-corrected chi connectivity index (χ1v) is 7.44. The Labute approximate surface area is 133 Å². The van der Waals surface area contributed by atoms with Gasteiger partial charge in [-0.3, -0.25) is 4.79 Å². The zero-order valence-electron chi connectivity index (χ0n) is 11.9. The fourth-order valence-corrected chi connectivity index (χ4v) is 2.88. The zero-order valence-corrected chi connectivity index (χ0v) is 12.7. The number of carboxylic acids is 1. The fourth-order valence-electron chi connectivity index (χ4n) is 1.97. The molecule has 122 valence electrons. The summed E-state index contributed by atoms with van der Waals surface area (Å²) in [5.41, 5.74) is -0.882. The lowest BCUT2D eigenvalue weighted by Gasteiger charge is -2.11. The topological polar surface area (TPSA) is 66.4 Å². The van der Waals surface area contributed by atoms with E-state index in [1.165, 1.54) is 17.5 Å². The smallest absolute Gasteiger partial charge is 0.417 e. The van der Waals surface area contributed by atoms with Gasteiger partial charge < -0.3 is 10.4 Å². The van der Waals surface area contributed by atoms with E-state index >= 15 is 0 Å². The van der Waals surface area contributed by atoms with Crippen LogP contribution in [-0.4, -0.2) is 17.0 Å². The van der Waals surface area contributed by atoms with Gasteiger partial charge in [-0.2, -0.15) is 13.2 Å². The summed E-state index contributed by atoms with van der Waals surface area (Å²) in [6.07, 6.45) is -4.36. The molecule has 0 unspecified atom stereocenters. The number of carbonyl (C=O) groups is 2. The maximum Gasteiger partial charge on any atom is 0.417 e. The molecule has 8 heteroatoms. The third-order valence-electron chi connectivity index (χ3n) is 3.08. The predicted octanol–water partition coefficient (Wildman–Crippen LogP) is 4.48. The first-order chi connectivity index (χ1) is 10.7. The fraction of sp³-hybridized carbons (Fsp3) is 0.200. The molecule has 0 bridgehead atoms. The molecule has 2 aromatic rings. The second-order valence-electron chi connectivity index (χ2n) is 4.63. The molecule has 2 N–H and O–H groups in total. The minimum Gasteiger partial charge on any atom is -0.478 e. The van der Waals surface area contributed by atoms with Gasteiger partial charge in [0.1, 0.15) is 0 Å². The van der Waals surface area contributed by atoms with Crippen molar-refractivity contribution in [1.29, 1.82) is 0 Å². The number of hydrogen-bond donors (Lipinski definition) is 2.